The van der Waals surface area contributed by atoms with Crippen LogP contribution in [0, 0.1) is 0 Å². The molecule has 0 fully saturated rings. The van der Waals surface area contributed by atoms with Gasteiger partial charge in [-0.05, 0) is 23.8 Å². The lowest BCUT2D eigenvalue weighted by molar-refractivity contribution is 0.0736. The molecule has 108 valence electrons. The van der Waals surface area contributed by atoms with Crippen LogP contribution < -0.4 is 4.74 Å². The Morgan fingerprint density at radius 1 is 0.773 bits per heavy atom. The maximum absolute atomic E-state index is 12.3. The van der Waals surface area contributed by atoms with Crippen molar-refractivity contribution >= 4 is 17.6 Å². The molecular weight excluding hydrogens is 296 g/mol. The molecule has 3 aromatic carbocycles. The fraction of sp³-hybridized carbons (Fsp3) is 0. The van der Waals surface area contributed by atoms with Gasteiger partial charge in [-0.25, -0.2) is 4.79 Å². The monoisotopic (exact) mass is 308 g/mol. The van der Waals surface area contributed by atoms with Crippen LogP contribution >= 0.6 is 11.6 Å². The van der Waals surface area contributed by atoms with Gasteiger partial charge in [0, 0.05) is 5.56 Å². The zero-order valence-electron chi connectivity index (χ0n) is 11.7. The Kier molecular flexibility index (Phi) is 4.22. The summed E-state index contributed by atoms with van der Waals surface area (Å²) in [7, 11) is 0. The molecule has 0 saturated carbocycles. The minimum absolute atomic E-state index is 0.354. The highest BCUT2D eigenvalue weighted by Crippen LogP contribution is 2.30. The molecule has 0 N–H and O–H groups in total. The van der Waals surface area contributed by atoms with Crippen LogP contribution in [0.2, 0.25) is 5.02 Å². The van der Waals surface area contributed by atoms with E-state index in [4.69, 9.17) is 16.3 Å². The summed E-state index contributed by atoms with van der Waals surface area (Å²) >= 11 is 6.04. The number of hydrogen-bond acceptors (Lipinski definition) is 2. The van der Waals surface area contributed by atoms with Gasteiger partial charge in [0.05, 0.1) is 10.6 Å². The standard InChI is InChI=1S/C19H13ClO2/c20-17-12-6-4-11-16(17)19(21)22-18-13-7-5-10-15(18)14-8-2-1-3-9-14/h1-13H. The Morgan fingerprint density at radius 3 is 2.18 bits per heavy atom. The Labute approximate surface area is 133 Å². The largest absolute Gasteiger partial charge is 0.422 e. The molecule has 0 amide bonds. The van der Waals surface area contributed by atoms with Gasteiger partial charge < -0.3 is 4.74 Å². The predicted octanol–water partition coefficient (Wildman–Crippen LogP) is 5.23. The van der Waals surface area contributed by atoms with Gasteiger partial charge in [-0.3, -0.25) is 0 Å². The summed E-state index contributed by atoms with van der Waals surface area (Å²) in [5, 5.41) is 0.379. The molecule has 0 heterocycles. The zero-order valence-corrected chi connectivity index (χ0v) is 12.5. The molecule has 2 nitrogen and oxygen atoms in total. The lowest BCUT2D eigenvalue weighted by atomic mass is 10.0. The van der Waals surface area contributed by atoms with E-state index >= 15 is 0 Å². The van der Waals surface area contributed by atoms with Crippen molar-refractivity contribution in [3.05, 3.63) is 89.4 Å². The molecule has 0 aliphatic carbocycles. The second-order valence-corrected chi connectivity index (χ2v) is 5.14. The third-order valence-corrected chi connectivity index (χ3v) is 3.60. The molecule has 0 radical (unpaired) electrons. The molecule has 0 atom stereocenters. The van der Waals surface area contributed by atoms with Crippen molar-refractivity contribution in [2.75, 3.05) is 0 Å². The molecule has 0 unspecified atom stereocenters. The molecule has 0 aliphatic heterocycles. The maximum atomic E-state index is 12.3. The van der Waals surface area contributed by atoms with Gasteiger partial charge in [0.1, 0.15) is 5.75 Å². The second kappa shape index (κ2) is 6.46. The molecule has 0 spiro atoms. The number of hydrogen-bond donors (Lipinski definition) is 0. The number of esters is 1. The van der Waals surface area contributed by atoms with Gasteiger partial charge in [0.25, 0.3) is 0 Å². The number of benzene rings is 3. The van der Waals surface area contributed by atoms with Crippen molar-refractivity contribution < 1.29 is 9.53 Å². The quantitative estimate of drug-likeness (QED) is 0.489. The lowest BCUT2D eigenvalue weighted by Crippen LogP contribution is -2.09. The van der Waals surface area contributed by atoms with Crippen LogP contribution in [0.5, 0.6) is 5.75 Å². The number of ether oxygens (including phenoxy) is 1. The highest BCUT2D eigenvalue weighted by molar-refractivity contribution is 6.33. The Hall–Kier alpha value is -2.58. The van der Waals surface area contributed by atoms with Crippen molar-refractivity contribution in [2.45, 2.75) is 0 Å². The summed E-state index contributed by atoms with van der Waals surface area (Å²) in [5.41, 5.74) is 2.21. The molecule has 0 aromatic heterocycles. The first kappa shape index (κ1) is 14.4. The molecule has 3 heteroatoms. The molecule has 0 saturated heterocycles. The van der Waals surface area contributed by atoms with Crippen LogP contribution in [-0.4, -0.2) is 5.97 Å². The van der Waals surface area contributed by atoms with Crippen LogP contribution in [0.25, 0.3) is 11.1 Å². The number of rotatable bonds is 3. The first-order chi connectivity index (χ1) is 10.8. The van der Waals surface area contributed by atoms with E-state index in [9.17, 15) is 4.79 Å². The van der Waals surface area contributed by atoms with Crippen LogP contribution in [0.15, 0.2) is 78.9 Å². The number of carbonyl (C=O) groups excluding carboxylic acids is 1. The van der Waals surface area contributed by atoms with E-state index in [0.29, 0.717) is 16.3 Å². The average molecular weight is 309 g/mol. The fourth-order valence-corrected chi connectivity index (χ4v) is 2.41. The normalized spacial score (nSPS) is 10.2. The van der Waals surface area contributed by atoms with E-state index < -0.39 is 5.97 Å². The predicted molar refractivity (Wildman–Crippen MR) is 88.3 cm³/mol. The zero-order chi connectivity index (χ0) is 15.4. The molecule has 0 bridgehead atoms. The summed E-state index contributed by atoms with van der Waals surface area (Å²) < 4.78 is 5.54. The van der Waals surface area contributed by atoms with Gasteiger partial charge >= 0.3 is 5.97 Å². The Balaban J connectivity index is 1.94. The third kappa shape index (κ3) is 3.02. The van der Waals surface area contributed by atoms with E-state index in [2.05, 4.69) is 0 Å². The topological polar surface area (TPSA) is 26.3 Å². The van der Waals surface area contributed by atoms with E-state index in [1.165, 1.54) is 0 Å². The first-order valence-electron chi connectivity index (χ1n) is 6.87. The summed E-state index contributed by atoms with van der Waals surface area (Å²) in [6, 6.07) is 24.1. The van der Waals surface area contributed by atoms with E-state index in [1.807, 2.05) is 48.5 Å². The van der Waals surface area contributed by atoms with Crippen molar-refractivity contribution in [2.24, 2.45) is 0 Å². The van der Waals surface area contributed by atoms with Crippen molar-refractivity contribution in [1.29, 1.82) is 0 Å². The molecule has 3 aromatic rings. The minimum atomic E-state index is -0.464. The SMILES string of the molecule is O=C(Oc1ccccc1-c1ccccc1)c1ccccc1Cl. The van der Waals surface area contributed by atoms with Gasteiger partial charge in [0.15, 0.2) is 0 Å². The maximum Gasteiger partial charge on any atom is 0.345 e. The second-order valence-electron chi connectivity index (χ2n) is 4.73. The number of carbonyl (C=O) groups is 1. The van der Waals surface area contributed by atoms with Crippen molar-refractivity contribution in [1.82, 2.24) is 0 Å². The van der Waals surface area contributed by atoms with Crippen molar-refractivity contribution in [3.8, 4) is 16.9 Å². The molecule has 22 heavy (non-hydrogen) atoms. The smallest absolute Gasteiger partial charge is 0.345 e. The van der Waals surface area contributed by atoms with E-state index in [-0.39, 0.29) is 0 Å². The lowest BCUT2D eigenvalue weighted by Gasteiger charge is -2.10. The molecule has 0 aliphatic rings. The molecule has 3 rings (SSSR count). The van der Waals surface area contributed by atoms with Crippen LogP contribution in [0.3, 0.4) is 0 Å². The van der Waals surface area contributed by atoms with E-state index in [0.717, 1.165) is 11.1 Å². The summed E-state index contributed by atoms with van der Waals surface area (Å²) in [4.78, 5) is 12.3. The van der Waals surface area contributed by atoms with Gasteiger partial charge in [-0.2, -0.15) is 0 Å². The highest BCUT2D eigenvalue weighted by atomic mass is 35.5. The third-order valence-electron chi connectivity index (χ3n) is 3.27. The minimum Gasteiger partial charge on any atom is -0.422 e. The first-order valence-corrected chi connectivity index (χ1v) is 7.24. The fourth-order valence-electron chi connectivity index (χ4n) is 2.19. The van der Waals surface area contributed by atoms with Crippen LogP contribution in [0.1, 0.15) is 10.4 Å². The van der Waals surface area contributed by atoms with Gasteiger partial charge in [0.2, 0.25) is 0 Å². The summed E-state index contributed by atoms with van der Waals surface area (Å²) in [6.45, 7) is 0. The number of halogens is 1. The summed E-state index contributed by atoms with van der Waals surface area (Å²) in [5.74, 6) is 0.0487. The number of para-hydroxylation sites is 1. The van der Waals surface area contributed by atoms with Crippen LogP contribution in [0.4, 0.5) is 0 Å². The van der Waals surface area contributed by atoms with Crippen LogP contribution in [-0.2, 0) is 0 Å². The average Bonchev–Trinajstić information content (AvgIpc) is 2.56. The molecular formula is C19H13ClO2. The van der Waals surface area contributed by atoms with Crippen molar-refractivity contribution in [3.63, 3.8) is 0 Å². The van der Waals surface area contributed by atoms with Gasteiger partial charge in [-0.1, -0.05) is 72.3 Å². The van der Waals surface area contributed by atoms with Gasteiger partial charge in [-0.15, -0.1) is 0 Å². The summed E-state index contributed by atoms with van der Waals surface area (Å²) in [6.07, 6.45) is 0. The Bertz CT molecular complexity index is 797. The highest BCUT2D eigenvalue weighted by Gasteiger charge is 2.14. The van der Waals surface area contributed by atoms with E-state index in [1.54, 1.807) is 30.3 Å². The Morgan fingerprint density at radius 2 is 1.41 bits per heavy atom.